The maximum atomic E-state index is 14.2. The number of fused-ring (bicyclic) bond motifs is 5. The second-order valence-electron chi connectivity index (χ2n) is 20.1. The molecule has 0 radical (unpaired) electrons. The Morgan fingerprint density at radius 2 is 1.67 bits per heavy atom. The van der Waals surface area contributed by atoms with Crippen molar-refractivity contribution < 1.29 is 28.6 Å². The maximum Gasteiger partial charge on any atom is 0.309 e. The molecule has 0 bridgehead atoms. The van der Waals surface area contributed by atoms with Gasteiger partial charge in [0, 0.05) is 13.5 Å². The molecule has 0 unspecified atom stereocenters. The minimum Gasteiger partial charge on any atom is -0.481 e. The summed E-state index contributed by atoms with van der Waals surface area (Å²) in [6.07, 6.45) is 10.9. The minimum absolute atomic E-state index is 0.0161. The van der Waals surface area contributed by atoms with Crippen LogP contribution in [0, 0.1) is 50.6 Å². The van der Waals surface area contributed by atoms with Crippen LogP contribution in [0.1, 0.15) is 146 Å². The average Bonchev–Trinajstić information content (AvgIpc) is 3.60. The predicted molar refractivity (Wildman–Crippen MR) is 203 cm³/mol. The van der Waals surface area contributed by atoms with E-state index in [1.807, 2.05) is 11.6 Å². The first-order valence-corrected chi connectivity index (χ1v) is 20.1. The average molecular weight is 748 g/mol. The lowest BCUT2D eigenvalue weighted by Gasteiger charge is -2.68. The van der Waals surface area contributed by atoms with Gasteiger partial charge in [0.25, 0.3) is 0 Å². The molecule has 10 nitrogen and oxygen atoms in total. The van der Waals surface area contributed by atoms with Crippen molar-refractivity contribution in [2.45, 2.75) is 151 Å². The number of aliphatic carboxylic acids is 1. The number of allylic oxidation sites excluding steroid dienone is 2. The van der Waals surface area contributed by atoms with Crippen LogP contribution < -0.4 is 0 Å². The Balaban J connectivity index is 1.32. The summed E-state index contributed by atoms with van der Waals surface area (Å²) in [5.41, 5.74) is 0.169. The summed E-state index contributed by atoms with van der Waals surface area (Å²) in [6.45, 7) is 21.2. The number of carbonyl (C=O) groups excluding carboxylic acids is 2. The van der Waals surface area contributed by atoms with E-state index < -0.39 is 28.6 Å². The highest BCUT2D eigenvalue weighted by Crippen LogP contribution is 2.74. The fraction of sp³-hybridized carbons (Fsp3) is 0.744. The molecule has 7 atom stereocenters. The zero-order chi connectivity index (χ0) is 39.8. The Bertz CT molecular complexity index is 1840. The van der Waals surface area contributed by atoms with Crippen molar-refractivity contribution in [3.8, 4) is 11.6 Å². The first-order valence-electron chi connectivity index (χ1n) is 20.1. The molecule has 0 amide bonds. The third-order valence-corrected chi connectivity index (χ3v) is 14.9. The highest BCUT2D eigenvalue weighted by atomic mass is 19.1. The smallest absolute Gasteiger partial charge is 0.309 e. The van der Waals surface area contributed by atoms with Gasteiger partial charge in [-0.15, -0.1) is 10.2 Å². The lowest BCUT2D eigenvalue weighted by atomic mass is 9.36. The molecule has 2 heterocycles. The second kappa shape index (κ2) is 13.6. The number of ether oxygens (including phenoxy) is 1. The third kappa shape index (κ3) is 6.43. The Morgan fingerprint density at radius 3 is 2.28 bits per heavy atom. The van der Waals surface area contributed by atoms with E-state index in [1.165, 1.54) is 5.57 Å². The number of carbonyl (C=O) groups is 3. The number of nitrogens with zero attached hydrogens (tertiary/aromatic N) is 5. The van der Waals surface area contributed by atoms with E-state index in [1.54, 1.807) is 13.8 Å². The molecule has 0 aromatic carbocycles. The number of rotatable bonds is 10. The fourth-order valence-corrected chi connectivity index (χ4v) is 11.8. The fourth-order valence-electron chi connectivity index (χ4n) is 11.8. The molecule has 0 aliphatic heterocycles. The number of carboxylic acid groups (broad SMARTS) is 1. The zero-order valence-electron chi connectivity index (χ0n) is 34.4. The van der Waals surface area contributed by atoms with Gasteiger partial charge < -0.3 is 14.4 Å². The van der Waals surface area contributed by atoms with Crippen molar-refractivity contribution in [1.82, 2.24) is 24.7 Å². The van der Waals surface area contributed by atoms with Gasteiger partial charge in [-0.1, -0.05) is 61.8 Å². The molecule has 0 saturated heterocycles. The lowest BCUT2D eigenvalue weighted by Crippen LogP contribution is -2.61. The molecule has 11 heteroatoms. The van der Waals surface area contributed by atoms with Gasteiger partial charge in [0.15, 0.2) is 17.4 Å². The van der Waals surface area contributed by atoms with Gasteiger partial charge in [0.05, 0.1) is 29.6 Å². The zero-order valence-corrected chi connectivity index (χ0v) is 34.4. The van der Waals surface area contributed by atoms with Gasteiger partial charge in [-0.3, -0.25) is 14.4 Å². The summed E-state index contributed by atoms with van der Waals surface area (Å²) in [6, 6.07) is 0. The highest BCUT2D eigenvalue weighted by molar-refractivity contribution is 6.01. The first-order chi connectivity index (χ1) is 25.0. The van der Waals surface area contributed by atoms with E-state index in [0.29, 0.717) is 24.0 Å². The summed E-state index contributed by atoms with van der Waals surface area (Å²) < 4.78 is 21.8. The molecular weight excluding hydrogens is 686 g/mol. The van der Waals surface area contributed by atoms with Crippen LogP contribution in [0.5, 0.6) is 0 Å². The monoisotopic (exact) mass is 747 g/mol. The van der Waals surface area contributed by atoms with E-state index in [2.05, 4.69) is 70.5 Å². The van der Waals surface area contributed by atoms with E-state index in [4.69, 9.17) is 9.84 Å². The molecule has 4 aliphatic carbocycles. The normalized spacial score (nSPS) is 31.9. The van der Waals surface area contributed by atoms with Gasteiger partial charge >= 0.3 is 11.9 Å². The maximum absolute atomic E-state index is 14.2. The molecule has 0 spiro atoms. The van der Waals surface area contributed by atoms with Crippen LogP contribution in [-0.2, 0) is 31.6 Å². The summed E-state index contributed by atoms with van der Waals surface area (Å²) in [7, 11) is 1.91. The van der Waals surface area contributed by atoms with Gasteiger partial charge in [-0.2, -0.15) is 0 Å². The Labute approximate surface area is 320 Å². The molecule has 3 saturated carbocycles. The molecular formula is C43H62FN5O5. The summed E-state index contributed by atoms with van der Waals surface area (Å²) >= 11 is 0. The molecule has 54 heavy (non-hydrogen) atoms. The molecule has 6 rings (SSSR count). The summed E-state index contributed by atoms with van der Waals surface area (Å²) in [5.74, 6) is 0.487. The van der Waals surface area contributed by atoms with Crippen LogP contribution in [0.25, 0.3) is 11.6 Å². The van der Waals surface area contributed by atoms with E-state index in [9.17, 15) is 23.9 Å². The minimum atomic E-state index is -1.19. The third-order valence-electron chi connectivity index (χ3n) is 14.9. The van der Waals surface area contributed by atoms with Crippen LogP contribution in [0.15, 0.2) is 23.5 Å². The number of Topliss-reactive ketones (excluding diaryl/α,β-unsaturated/α-hetero) is 1. The van der Waals surface area contributed by atoms with Gasteiger partial charge in [-0.05, 0) is 116 Å². The molecule has 296 valence electrons. The van der Waals surface area contributed by atoms with Crippen LogP contribution in [0.2, 0.25) is 0 Å². The van der Waals surface area contributed by atoms with E-state index in [0.717, 1.165) is 81.6 Å². The largest absolute Gasteiger partial charge is 0.481 e. The van der Waals surface area contributed by atoms with Gasteiger partial charge in [0.1, 0.15) is 11.9 Å². The molecule has 2 aromatic heterocycles. The number of carboxylic acids is 1. The number of halogens is 1. The Hall–Kier alpha value is -3.50. The quantitative estimate of drug-likeness (QED) is 0.236. The Kier molecular flexibility index (Phi) is 10.1. The first kappa shape index (κ1) is 40.2. The SMILES string of the molecule is CC(C)C1=C2[C@H]3CC[C@@H]4[C@@](C)(CC[C@H](OC(=O)CC(C)(C)C(=O)O)C(C)(C)C)CCC[C@@]4(C)[C@]3(C)CC[C@@]2(c2nnc(-c3ncc(F)cn3)n2C)CC1=O. The van der Waals surface area contributed by atoms with Crippen molar-refractivity contribution in [1.29, 1.82) is 0 Å². The van der Waals surface area contributed by atoms with E-state index >= 15 is 0 Å². The summed E-state index contributed by atoms with van der Waals surface area (Å²) in [5, 5.41) is 18.9. The topological polar surface area (TPSA) is 137 Å². The van der Waals surface area contributed by atoms with Crippen molar-refractivity contribution in [2.75, 3.05) is 0 Å². The van der Waals surface area contributed by atoms with Gasteiger partial charge in [0.2, 0.25) is 5.82 Å². The number of aromatic nitrogens is 5. The van der Waals surface area contributed by atoms with Crippen molar-refractivity contribution in [2.24, 2.45) is 51.9 Å². The highest BCUT2D eigenvalue weighted by Gasteiger charge is 2.67. The van der Waals surface area contributed by atoms with Gasteiger partial charge in [-0.25, -0.2) is 14.4 Å². The second-order valence-corrected chi connectivity index (χ2v) is 20.1. The van der Waals surface area contributed by atoms with Crippen molar-refractivity contribution in [3.05, 3.63) is 35.2 Å². The number of hydrogen-bond donors (Lipinski definition) is 1. The number of esters is 1. The Morgan fingerprint density at radius 1 is 1.00 bits per heavy atom. The van der Waals surface area contributed by atoms with Crippen LogP contribution in [-0.4, -0.2) is 53.7 Å². The van der Waals surface area contributed by atoms with Crippen LogP contribution in [0.3, 0.4) is 0 Å². The standard InChI is InChI=1S/C43H62FN5O5/c1-25(2)32-28(50)21-43(36-48-47-35(49(36)11)34-45-23-26(44)24-46-34)20-19-41(9)27(33(32)43)13-14-29-40(8,16-12-17-42(29,41)10)18-15-30(38(3,4)5)54-31(51)22-39(6,7)37(52)53/h23-25,27,29-30H,12-22H2,1-11H3,(H,52,53)/t27-,29-,30+,40-,41-,42-,43-/m1/s1. The molecule has 3 fully saturated rings. The molecule has 2 aromatic rings. The van der Waals surface area contributed by atoms with Crippen molar-refractivity contribution in [3.63, 3.8) is 0 Å². The number of hydrogen-bond acceptors (Lipinski definition) is 8. The predicted octanol–water partition coefficient (Wildman–Crippen LogP) is 8.84. The van der Waals surface area contributed by atoms with Crippen LogP contribution >= 0.6 is 0 Å². The molecule has 1 N–H and O–H groups in total. The van der Waals surface area contributed by atoms with Crippen molar-refractivity contribution >= 4 is 17.7 Å². The van der Waals surface area contributed by atoms with E-state index in [-0.39, 0.29) is 51.8 Å². The summed E-state index contributed by atoms with van der Waals surface area (Å²) in [4.78, 5) is 47.4. The molecule has 4 aliphatic rings. The lowest BCUT2D eigenvalue weighted by molar-refractivity contribution is -0.172. The van der Waals surface area contributed by atoms with Crippen LogP contribution in [0.4, 0.5) is 4.39 Å². The number of ketones is 1.